The normalized spacial score (nSPS) is 15.9. The van der Waals surface area contributed by atoms with E-state index in [0.29, 0.717) is 0 Å². The summed E-state index contributed by atoms with van der Waals surface area (Å²) in [5, 5.41) is 0. The van der Waals surface area contributed by atoms with E-state index in [2.05, 4.69) is 11.8 Å². The molecule has 0 spiro atoms. The van der Waals surface area contributed by atoms with Crippen molar-refractivity contribution in [2.24, 2.45) is 5.73 Å². The zero-order valence-corrected chi connectivity index (χ0v) is 13.2. The zero-order valence-electron chi connectivity index (χ0n) is 13.2. The summed E-state index contributed by atoms with van der Waals surface area (Å²) >= 11 is 0. The van der Waals surface area contributed by atoms with E-state index >= 15 is 0 Å². The van der Waals surface area contributed by atoms with E-state index in [-0.39, 0.29) is 12.5 Å². The van der Waals surface area contributed by atoms with E-state index in [9.17, 15) is 4.79 Å². The average Bonchev–Trinajstić information content (AvgIpc) is 2.49. The summed E-state index contributed by atoms with van der Waals surface area (Å²) < 4.78 is 0. The Balaban J connectivity index is 0.00000154. The van der Waals surface area contributed by atoms with Crippen LogP contribution in [0.3, 0.4) is 0 Å². The number of piperazine rings is 1. The molecule has 1 amide bonds. The van der Waals surface area contributed by atoms with Crippen molar-refractivity contribution in [1.29, 1.82) is 0 Å². The molecule has 1 heterocycles. The van der Waals surface area contributed by atoms with Crippen LogP contribution >= 0.6 is 0 Å². The van der Waals surface area contributed by atoms with Gasteiger partial charge in [-0.15, -0.1) is 0 Å². The van der Waals surface area contributed by atoms with Crippen molar-refractivity contribution in [2.45, 2.75) is 52.9 Å². The fraction of sp³-hybridized carbons (Fsp3) is 0.933. The Morgan fingerprint density at radius 1 is 1.00 bits per heavy atom. The van der Waals surface area contributed by atoms with E-state index in [0.717, 1.165) is 26.2 Å². The molecule has 0 atom stereocenters. The third kappa shape index (κ3) is 8.22. The first-order chi connectivity index (χ1) is 9.27. The van der Waals surface area contributed by atoms with Crippen LogP contribution in [0, 0.1) is 0 Å². The average molecular weight is 271 g/mol. The van der Waals surface area contributed by atoms with E-state index in [1.54, 1.807) is 0 Å². The van der Waals surface area contributed by atoms with Crippen LogP contribution in [-0.2, 0) is 4.79 Å². The first-order valence-electron chi connectivity index (χ1n) is 7.98. The van der Waals surface area contributed by atoms with Crippen LogP contribution < -0.4 is 5.73 Å². The fourth-order valence-electron chi connectivity index (χ4n) is 2.29. The van der Waals surface area contributed by atoms with Gasteiger partial charge in [0.2, 0.25) is 5.91 Å². The lowest BCUT2D eigenvalue weighted by Crippen LogP contribution is -2.50. The van der Waals surface area contributed by atoms with Crippen LogP contribution in [0.4, 0.5) is 0 Å². The number of nitrogens with two attached hydrogens (primary N) is 1. The molecule has 0 saturated carbocycles. The third-order valence-corrected chi connectivity index (χ3v) is 3.48. The van der Waals surface area contributed by atoms with Gasteiger partial charge in [0.25, 0.3) is 0 Å². The van der Waals surface area contributed by atoms with Gasteiger partial charge in [0.05, 0.1) is 6.54 Å². The molecule has 0 aromatic carbocycles. The van der Waals surface area contributed by atoms with Crippen molar-refractivity contribution < 1.29 is 4.79 Å². The van der Waals surface area contributed by atoms with Crippen LogP contribution in [0.5, 0.6) is 0 Å². The first-order valence-corrected chi connectivity index (χ1v) is 7.98. The quantitative estimate of drug-likeness (QED) is 0.721. The van der Waals surface area contributed by atoms with Gasteiger partial charge >= 0.3 is 0 Å². The minimum Gasteiger partial charge on any atom is -0.339 e. The predicted octanol–water partition coefficient (Wildman–Crippen LogP) is 2.09. The molecule has 114 valence electrons. The molecule has 4 heteroatoms. The highest BCUT2D eigenvalue weighted by molar-refractivity contribution is 5.78. The molecule has 2 N–H and O–H groups in total. The van der Waals surface area contributed by atoms with Gasteiger partial charge in [0.15, 0.2) is 0 Å². The van der Waals surface area contributed by atoms with E-state index in [1.807, 2.05) is 18.7 Å². The Labute approximate surface area is 119 Å². The Kier molecular flexibility index (Phi) is 12.0. The van der Waals surface area contributed by atoms with Crippen LogP contribution in [0.1, 0.15) is 52.9 Å². The van der Waals surface area contributed by atoms with Crippen molar-refractivity contribution >= 4 is 5.91 Å². The highest BCUT2D eigenvalue weighted by Crippen LogP contribution is 2.06. The Hall–Kier alpha value is -0.610. The summed E-state index contributed by atoms with van der Waals surface area (Å²) in [5.74, 6) is 0.0904. The van der Waals surface area contributed by atoms with Gasteiger partial charge in [-0.2, -0.15) is 0 Å². The number of amides is 1. The Morgan fingerprint density at radius 2 is 1.58 bits per heavy atom. The summed E-state index contributed by atoms with van der Waals surface area (Å²) in [7, 11) is 0. The molecule has 1 rings (SSSR count). The zero-order chi connectivity index (χ0) is 14.5. The van der Waals surface area contributed by atoms with Crippen LogP contribution in [0.2, 0.25) is 0 Å². The van der Waals surface area contributed by atoms with Crippen molar-refractivity contribution in [3.63, 3.8) is 0 Å². The SMILES string of the molecule is CC.CCCCCCCN1CCN(C(=O)CN)CC1. The number of nitrogens with zero attached hydrogens (tertiary/aromatic N) is 2. The standard InChI is InChI=1S/C13H27N3O.C2H6/c1-2-3-4-5-6-7-15-8-10-16(11-9-15)13(17)12-14;1-2/h2-12,14H2,1H3;1-2H3. The summed E-state index contributed by atoms with van der Waals surface area (Å²) in [6, 6.07) is 0. The predicted molar refractivity (Wildman–Crippen MR) is 82.2 cm³/mol. The van der Waals surface area contributed by atoms with Crippen molar-refractivity contribution in [3.8, 4) is 0 Å². The third-order valence-electron chi connectivity index (χ3n) is 3.48. The molecular formula is C15H33N3O. The van der Waals surface area contributed by atoms with Gasteiger partial charge < -0.3 is 10.6 Å². The summed E-state index contributed by atoms with van der Waals surface area (Å²) in [5.41, 5.74) is 5.36. The molecule has 19 heavy (non-hydrogen) atoms. The molecule has 4 nitrogen and oxygen atoms in total. The summed E-state index contributed by atoms with van der Waals surface area (Å²) in [6.07, 6.45) is 6.67. The number of hydrogen-bond acceptors (Lipinski definition) is 3. The lowest BCUT2D eigenvalue weighted by atomic mass is 10.1. The van der Waals surface area contributed by atoms with Crippen molar-refractivity contribution in [2.75, 3.05) is 39.3 Å². The van der Waals surface area contributed by atoms with Crippen molar-refractivity contribution in [3.05, 3.63) is 0 Å². The lowest BCUT2D eigenvalue weighted by Gasteiger charge is -2.34. The maximum atomic E-state index is 11.4. The van der Waals surface area contributed by atoms with E-state index in [4.69, 9.17) is 5.73 Å². The number of rotatable bonds is 7. The number of carbonyl (C=O) groups is 1. The van der Waals surface area contributed by atoms with Gasteiger partial charge in [-0.3, -0.25) is 9.69 Å². The summed E-state index contributed by atoms with van der Waals surface area (Å²) in [4.78, 5) is 15.7. The van der Waals surface area contributed by atoms with Crippen LogP contribution in [0.15, 0.2) is 0 Å². The maximum Gasteiger partial charge on any atom is 0.236 e. The van der Waals surface area contributed by atoms with Gasteiger partial charge in [0.1, 0.15) is 0 Å². The lowest BCUT2D eigenvalue weighted by molar-refractivity contribution is -0.131. The molecule has 1 aliphatic rings. The first kappa shape index (κ1) is 18.4. The van der Waals surface area contributed by atoms with Gasteiger partial charge in [-0.05, 0) is 13.0 Å². The van der Waals surface area contributed by atoms with Gasteiger partial charge in [0, 0.05) is 26.2 Å². The van der Waals surface area contributed by atoms with Gasteiger partial charge in [-0.1, -0.05) is 46.5 Å². The van der Waals surface area contributed by atoms with E-state index < -0.39 is 0 Å². The molecule has 0 aliphatic carbocycles. The second-order valence-corrected chi connectivity index (χ2v) is 4.84. The molecule has 0 aromatic heterocycles. The Bertz CT molecular complexity index is 213. The minimum absolute atomic E-state index is 0.0904. The molecular weight excluding hydrogens is 238 g/mol. The monoisotopic (exact) mass is 271 g/mol. The largest absolute Gasteiger partial charge is 0.339 e. The topological polar surface area (TPSA) is 49.6 Å². The second kappa shape index (κ2) is 12.4. The number of hydrogen-bond donors (Lipinski definition) is 1. The number of unbranched alkanes of at least 4 members (excludes halogenated alkanes) is 4. The smallest absolute Gasteiger partial charge is 0.236 e. The molecule has 1 fully saturated rings. The highest BCUT2D eigenvalue weighted by Gasteiger charge is 2.19. The fourth-order valence-corrected chi connectivity index (χ4v) is 2.29. The number of carbonyl (C=O) groups excluding carboxylic acids is 1. The Morgan fingerprint density at radius 3 is 2.11 bits per heavy atom. The molecule has 1 aliphatic heterocycles. The van der Waals surface area contributed by atoms with Crippen LogP contribution in [-0.4, -0.2) is 55.0 Å². The molecule has 0 unspecified atom stereocenters. The van der Waals surface area contributed by atoms with E-state index in [1.165, 1.54) is 38.6 Å². The molecule has 0 bridgehead atoms. The van der Waals surface area contributed by atoms with Crippen LogP contribution in [0.25, 0.3) is 0 Å². The van der Waals surface area contributed by atoms with Gasteiger partial charge in [-0.25, -0.2) is 0 Å². The maximum absolute atomic E-state index is 11.4. The van der Waals surface area contributed by atoms with Crippen molar-refractivity contribution in [1.82, 2.24) is 9.80 Å². The minimum atomic E-state index is 0.0904. The second-order valence-electron chi connectivity index (χ2n) is 4.84. The molecule has 0 radical (unpaired) electrons. The molecule has 0 aromatic rings. The summed E-state index contributed by atoms with van der Waals surface area (Å²) in [6.45, 7) is 11.3. The molecule has 1 saturated heterocycles. The highest BCUT2D eigenvalue weighted by atomic mass is 16.2.